The second-order valence-electron chi connectivity index (χ2n) is 5.15. The van der Waals surface area contributed by atoms with Crippen LogP contribution in [0.25, 0.3) is 0 Å². The summed E-state index contributed by atoms with van der Waals surface area (Å²) >= 11 is 0. The Balaban J connectivity index is 2.41. The average molecular weight is 301 g/mol. The fourth-order valence-electron chi connectivity index (χ4n) is 2.72. The Morgan fingerprint density at radius 3 is 2.62 bits per heavy atom. The van der Waals surface area contributed by atoms with Crippen LogP contribution in [-0.4, -0.2) is 18.5 Å². The van der Waals surface area contributed by atoms with Crippen molar-refractivity contribution in [2.24, 2.45) is 11.5 Å². The predicted molar refractivity (Wildman–Crippen MR) is 73.5 cm³/mol. The Labute approximate surface area is 120 Å². The molecule has 0 spiro atoms. The van der Waals surface area contributed by atoms with Gasteiger partial charge in [0.15, 0.2) is 0 Å². The Kier molecular flexibility index (Phi) is 4.41. The van der Waals surface area contributed by atoms with Crippen molar-refractivity contribution in [3.05, 3.63) is 29.3 Å². The Hall–Kier alpha value is -1.76. The van der Waals surface area contributed by atoms with Crippen LogP contribution in [-0.2, 0) is 17.5 Å². The molecule has 0 saturated carbocycles. The van der Waals surface area contributed by atoms with Crippen LogP contribution < -0.4 is 16.4 Å². The molecular formula is C14H18F3N3O. The van der Waals surface area contributed by atoms with Crippen molar-refractivity contribution in [1.29, 1.82) is 0 Å². The Morgan fingerprint density at radius 1 is 1.33 bits per heavy atom. The number of hydrogen-bond donors (Lipinski definition) is 2. The molecule has 1 aromatic carbocycles. The Bertz CT molecular complexity index is 531. The molecule has 1 saturated heterocycles. The number of halogens is 3. The van der Waals surface area contributed by atoms with Crippen molar-refractivity contribution in [3.63, 3.8) is 0 Å². The lowest BCUT2D eigenvalue weighted by atomic mass is 9.99. The zero-order valence-electron chi connectivity index (χ0n) is 11.5. The van der Waals surface area contributed by atoms with Crippen LogP contribution in [0.5, 0.6) is 0 Å². The fourth-order valence-corrected chi connectivity index (χ4v) is 2.72. The molecule has 2 rings (SSSR count). The molecule has 1 amide bonds. The first-order valence-corrected chi connectivity index (χ1v) is 6.80. The summed E-state index contributed by atoms with van der Waals surface area (Å²) in [6.45, 7) is 0.335. The topological polar surface area (TPSA) is 72.3 Å². The second kappa shape index (κ2) is 5.93. The monoisotopic (exact) mass is 301 g/mol. The quantitative estimate of drug-likeness (QED) is 0.897. The number of hydrogen-bond acceptors (Lipinski definition) is 3. The molecule has 7 heteroatoms. The first kappa shape index (κ1) is 15.6. The van der Waals surface area contributed by atoms with E-state index in [9.17, 15) is 18.0 Å². The van der Waals surface area contributed by atoms with Gasteiger partial charge in [-0.3, -0.25) is 4.79 Å². The van der Waals surface area contributed by atoms with Crippen LogP contribution >= 0.6 is 0 Å². The lowest BCUT2D eigenvalue weighted by Gasteiger charge is -2.36. The summed E-state index contributed by atoms with van der Waals surface area (Å²) in [5.74, 6) is -0.508. The highest BCUT2D eigenvalue weighted by Crippen LogP contribution is 2.35. The molecule has 4 nitrogen and oxygen atoms in total. The van der Waals surface area contributed by atoms with Crippen molar-refractivity contribution in [3.8, 4) is 0 Å². The number of alkyl halides is 3. The number of primary amides is 1. The summed E-state index contributed by atoms with van der Waals surface area (Å²) in [6, 6.07) is 3.44. The van der Waals surface area contributed by atoms with Gasteiger partial charge in [0.25, 0.3) is 0 Å². The summed E-state index contributed by atoms with van der Waals surface area (Å²) in [7, 11) is 0. The van der Waals surface area contributed by atoms with Crippen molar-refractivity contribution >= 4 is 11.6 Å². The minimum absolute atomic E-state index is 0.0406. The zero-order chi connectivity index (χ0) is 15.6. The SMILES string of the molecule is NCc1ccc(N2CCCCC2C(N)=O)cc1C(F)(F)F. The number of anilines is 1. The van der Waals surface area contributed by atoms with Crippen LogP contribution in [0, 0.1) is 0 Å². The average Bonchev–Trinajstić information content (AvgIpc) is 2.45. The van der Waals surface area contributed by atoms with E-state index in [0.717, 1.165) is 18.9 Å². The number of carbonyl (C=O) groups excluding carboxylic acids is 1. The van der Waals surface area contributed by atoms with E-state index in [-0.39, 0.29) is 12.1 Å². The van der Waals surface area contributed by atoms with E-state index in [1.807, 2.05) is 0 Å². The number of benzene rings is 1. The molecule has 0 aromatic heterocycles. The van der Waals surface area contributed by atoms with Gasteiger partial charge in [-0.2, -0.15) is 13.2 Å². The van der Waals surface area contributed by atoms with Gasteiger partial charge < -0.3 is 16.4 Å². The standard InChI is InChI=1S/C14H18F3N3O/c15-14(16,17)11-7-10(5-4-9(11)8-18)20-6-2-1-3-12(20)13(19)21/h4-5,7,12H,1-3,6,8,18H2,(H2,19,21). The highest BCUT2D eigenvalue weighted by atomic mass is 19.4. The smallest absolute Gasteiger partial charge is 0.368 e. The molecule has 1 aliphatic heterocycles. The van der Waals surface area contributed by atoms with Crippen LogP contribution in [0.4, 0.5) is 18.9 Å². The molecule has 1 unspecified atom stereocenters. The van der Waals surface area contributed by atoms with Crippen LogP contribution in [0.15, 0.2) is 18.2 Å². The van der Waals surface area contributed by atoms with E-state index in [4.69, 9.17) is 11.5 Å². The van der Waals surface area contributed by atoms with Crippen molar-refractivity contribution in [2.75, 3.05) is 11.4 Å². The van der Waals surface area contributed by atoms with Crippen molar-refractivity contribution in [1.82, 2.24) is 0 Å². The van der Waals surface area contributed by atoms with Crippen molar-refractivity contribution < 1.29 is 18.0 Å². The Morgan fingerprint density at radius 2 is 2.05 bits per heavy atom. The lowest BCUT2D eigenvalue weighted by molar-refractivity contribution is -0.138. The summed E-state index contributed by atoms with van der Waals surface area (Å²) < 4.78 is 39.2. The van der Waals surface area contributed by atoms with Gasteiger partial charge in [-0.1, -0.05) is 6.07 Å². The zero-order valence-corrected chi connectivity index (χ0v) is 11.5. The summed E-state index contributed by atoms with van der Waals surface area (Å²) in [5.41, 5.74) is 10.4. The number of nitrogens with two attached hydrogens (primary N) is 2. The number of carbonyl (C=O) groups is 1. The maximum atomic E-state index is 13.1. The lowest BCUT2D eigenvalue weighted by Crippen LogP contribution is -2.48. The van der Waals surface area contributed by atoms with Crippen LogP contribution in [0.3, 0.4) is 0 Å². The molecule has 1 heterocycles. The van der Waals surface area contributed by atoms with Gasteiger partial charge in [0.2, 0.25) is 5.91 Å². The third-order valence-electron chi connectivity index (χ3n) is 3.78. The van der Waals surface area contributed by atoms with Gasteiger partial charge in [0.05, 0.1) is 5.56 Å². The van der Waals surface area contributed by atoms with Crippen molar-refractivity contribution in [2.45, 2.75) is 38.0 Å². The first-order valence-electron chi connectivity index (χ1n) is 6.80. The van der Waals surface area contributed by atoms with Gasteiger partial charge in [0.1, 0.15) is 6.04 Å². The van der Waals surface area contributed by atoms with E-state index in [1.165, 1.54) is 6.07 Å². The summed E-state index contributed by atoms with van der Waals surface area (Å²) in [5, 5.41) is 0. The van der Waals surface area contributed by atoms with Gasteiger partial charge in [-0.25, -0.2) is 0 Å². The van der Waals surface area contributed by atoms with Gasteiger partial charge in [0, 0.05) is 18.8 Å². The largest absolute Gasteiger partial charge is 0.416 e. The van der Waals surface area contributed by atoms with Crippen LogP contribution in [0.1, 0.15) is 30.4 Å². The fraction of sp³-hybridized carbons (Fsp3) is 0.500. The van der Waals surface area contributed by atoms with E-state index < -0.39 is 23.7 Å². The molecule has 1 fully saturated rings. The molecule has 1 aliphatic rings. The maximum absolute atomic E-state index is 13.1. The number of rotatable bonds is 3. The molecular weight excluding hydrogens is 283 g/mol. The van der Waals surface area contributed by atoms with E-state index in [2.05, 4.69) is 0 Å². The van der Waals surface area contributed by atoms with Gasteiger partial charge in [-0.15, -0.1) is 0 Å². The molecule has 0 aliphatic carbocycles. The van der Waals surface area contributed by atoms with E-state index in [0.29, 0.717) is 18.7 Å². The van der Waals surface area contributed by atoms with E-state index >= 15 is 0 Å². The molecule has 1 aromatic rings. The third kappa shape index (κ3) is 3.29. The number of nitrogens with zero attached hydrogens (tertiary/aromatic N) is 1. The second-order valence-corrected chi connectivity index (χ2v) is 5.15. The molecule has 4 N–H and O–H groups in total. The molecule has 116 valence electrons. The number of piperidine rings is 1. The highest BCUT2D eigenvalue weighted by Gasteiger charge is 2.35. The predicted octanol–water partition coefficient (Wildman–Crippen LogP) is 2.01. The molecule has 21 heavy (non-hydrogen) atoms. The molecule has 1 atom stereocenters. The van der Waals surface area contributed by atoms with E-state index in [1.54, 1.807) is 11.0 Å². The minimum atomic E-state index is -4.47. The third-order valence-corrected chi connectivity index (χ3v) is 3.78. The maximum Gasteiger partial charge on any atom is 0.416 e. The molecule has 0 bridgehead atoms. The van der Waals surface area contributed by atoms with Crippen LogP contribution in [0.2, 0.25) is 0 Å². The normalized spacial score (nSPS) is 19.6. The summed E-state index contributed by atoms with van der Waals surface area (Å²) in [4.78, 5) is 13.1. The highest BCUT2D eigenvalue weighted by molar-refractivity contribution is 5.84. The summed E-state index contributed by atoms with van der Waals surface area (Å²) in [6.07, 6.45) is -2.24. The first-order chi connectivity index (χ1) is 9.84. The van der Waals surface area contributed by atoms with Gasteiger partial charge >= 0.3 is 6.18 Å². The van der Waals surface area contributed by atoms with Gasteiger partial charge in [-0.05, 0) is 37.0 Å². The minimum Gasteiger partial charge on any atom is -0.368 e. The molecule has 0 radical (unpaired) electrons. The number of amides is 1.